The first-order chi connectivity index (χ1) is 13.7. The minimum absolute atomic E-state index is 0.00233. The van der Waals surface area contributed by atoms with Gasteiger partial charge in [0.1, 0.15) is 17.0 Å². The van der Waals surface area contributed by atoms with E-state index in [0.717, 1.165) is 38.5 Å². The summed E-state index contributed by atoms with van der Waals surface area (Å²) in [4.78, 5) is 24.6. The fraction of sp³-hybridized carbons (Fsp3) is 0.917. The topological polar surface area (TPSA) is 65.1 Å². The molecule has 7 fully saturated rings. The largest absolute Gasteiger partial charge is 0.458 e. The predicted molar refractivity (Wildman–Crippen MR) is 103 cm³/mol. The van der Waals surface area contributed by atoms with Crippen molar-refractivity contribution in [1.82, 2.24) is 0 Å². The number of hydrogen-bond acceptors (Lipinski definition) is 5. The molecule has 0 amide bonds. The fourth-order valence-corrected chi connectivity index (χ4v) is 9.98. The van der Waals surface area contributed by atoms with Crippen LogP contribution in [0.1, 0.15) is 78.6 Å². The molecular weight excluding hydrogens is 368 g/mol. The Hall–Kier alpha value is -0.940. The lowest BCUT2D eigenvalue weighted by atomic mass is 9.41. The van der Waals surface area contributed by atoms with E-state index in [4.69, 9.17) is 14.2 Å². The second-order valence-electron chi connectivity index (χ2n) is 11.9. The molecule has 3 heterocycles. The van der Waals surface area contributed by atoms with E-state index in [1.54, 1.807) is 0 Å². The molecule has 158 valence electrons. The molecule has 4 aliphatic carbocycles. The van der Waals surface area contributed by atoms with Crippen molar-refractivity contribution >= 4 is 11.8 Å². The third kappa shape index (κ3) is 1.63. The third-order valence-electron chi connectivity index (χ3n) is 11.4. The lowest BCUT2D eigenvalue weighted by Crippen LogP contribution is -2.68. The summed E-state index contributed by atoms with van der Waals surface area (Å²) in [5.41, 5.74) is -0.847. The Bertz CT molecular complexity index is 854. The number of carbonyl (C=O) groups is 2. The highest BCUT2D eigenvalue weighted by atomic mass is 16.6. The van der Waals surface area contributed by atoms with Crippen molar-refractivity contribution in [3.05, 3.63) is 0 Å². The molecule has 29 heavy (non-hydrogen) atoms. The molecule has 4 saturated carbocycles. The highest BCUT2D eigenvalue weighted by Crippen LogP contribution is 2.81. The van der Waals surface area contributed by atoms with Crippen LogP contribution in [0.2, 0.25) is 0 Å². The predicted octanol–water partition coefficient (Wildman–Crippen LogP) is 3.57. The lowest BCUT2D eigenvalue weighted by molar-refractivity contribution is -0.194. The molecule has 0 aromatic carbocycles. The maximum Gasteiger partial charge on any atom is 0.306 e. The van der Waals surface area contributed by atoms with Crippen LogP contribution in [-0.4, -0.2) is 40.8 Å². The summed E-state index contributed by atoms with van der Waals surface area (Å²) in [6, 6.07) is 0. The van der Waals surface area contributed by atoms with Gasteiger partial charge in [-0.3, -0.25) is 9.59 Å². The molecule has 0 N–H and O–H groups in total. The summed E-state index contributed by atoms with van der Waals surface area (Å²) < 4.78 is 19.7. The van der Waals surface area contributed by atoms with E-state index in [-0.39, 0.29) is 45.8 Å². The van der Waals surface area contributed by atoms with Gasteiger partial charge in [-0.25, -0.2) is 0 Å². The maximum absolute atomic E-state index is 12.5. The number of esters is 1. The van der Waals surface area contributed by atoms with Gasteiger partial charge in [-0.05, 0) is 57.3 Å². The summed E-state index contributed by atoms with van der Waals surface area (Å²) >= 11 is 0. The molecule has 3 saturated heterocycles. The van der Waals surface area contributed by atoms with E-state index >= 15 is 0 Å². The Balaban J connectivity index is 1.37. The zero-order valence-corrected chi connectivity index (χ0v) is 17.8. The van der Waals surface area contributed by atoms with E-state index in [9.17, 15) is 9.59 Å². The van der Waals surface area contributed by atoms with Gasteiger partial charge in [0.25, 0.3) is 0 Å². The Morgan fingerprint density at radius 3 is 2.55 bits per heavy atom. The Kier molecular flexibility index (Phi) is 2.91. The van der Waals surface area contributed by atoms with Crippen LogP contribution in [0.4, 0.5) is 0 Å². The molecule has 4 unspecified atom stereocenters. The summed E-state index contributed by atoms with van der Waals surface area (Å²) in [7, 11) is 0. The van der Waals surface area contributed by atoms with Crippen molar-refractivity contribution in [1.29, 1.82) is 0 Å². The third-order valence-corrected chi connectivity index (χ3v) is 11.4. The SMILES string of the molecule is C[C@@H]1O[C@]23CC(=O)CCC2(C)[C@@]24O[C@@H]2CC2(C)C(CC[C@@]25CCC(=O)O5)C4[C@H]1C3. The van der Waals surface area contributed by atoms with E-state index in [0.29, 0.717) is 42.8 Å². The van der Waals surface area contributed by atoms with E-state index in [1.807, 2.05) is 0 Å². The number of Topliss-reactive ketones (excluding diaryl/α,β-unsaturated/α-hetero) is 1. The number of carbonyl (C=O) groups excluding carboxylic acids is 2. The number of hydrogen-bond donors (Lipinski definition) is 0. The summed E-state index contributed by atoms with van der Waals surface area (Å²) in [6.45, 7) is 7.00. The van der Waals surface area contributed by atoms with Crippen molar-refractivity contribution in [3.63, 3.8) is 0 Å². The van der Waals surface area contributed by atoms with Gasteiger partial charge < -0.3 is 14.2 Å². The Morgan fingerprint density at radius 1 is 0.966 bits per heavy atom. The van der Waals surface area contributed by atoms with Crippen LogP contribution >= 0.6 is 0 Å². The minimum Gasteiger partial charge on any atom is -0.458 e. The molecule has 7 rings (SSSR count). The van der Waals surface area contributed by atoms with Crippen LogP contribution < -0.4 is 0 Å². The highest BCUT2D eigenvalue weighted by molar-refractivity contribution is 5.81. The van der Waals surface area contributed by atoms with Gasteiger partial charge in [0, 0.05) is 36.0 Å². The van der Waals surface area contributed by atoms with Crippen molar-refractivity contribution in [2.24, 2.45) is 28.6 Å². The molecule has 2 bridgehead atoms. The fourth-order valence-electron chi connectivity index (χ4n) is 9.98. The van der Waals surface area contributed by atoms with Gasteiger partial charge in [-0.1, -0.05) is 13.8 Å². The minimum atomic E-state index is -0.332. The Labute approximate surface area is 172 Å². The van der Waals surface area contributed by atoms with Gasteiger partial charge in [0.2, 0.25) is 0 Å². The molecule has 3 aliphatic heterocycles. The van der Waals surface area contributed by atoms with Crippen molar-refractivity contribution in [2.45, 2.75) is 108 Å². The summed E-state index contributed by atoms with van der Waals surface area (Å²) in [6.07, 6.45) is 8.05. The molecule has 5 nitrogen and oxygen atoms in total. The van der Waals surface area contributed by atoms with Gasteiger partial charge >= 0.3 is 5.97 Å². The van der Waals surface area contributed by atoms with E-state index in [1.165, 1.54) is 0 Å². The number of epoxide rings is 1. The molecule has 10 atom stereocenters. The molecule has 0 radical (unpaired) electrons. The molecule has 3 spiro atoms. The molecule has 0 aromatic heterocycles. The van der Waals surface area contributed by atoms with Crippen LogP contribution in [0.5, 0.6) is 0 Å². The van der Waals surface area contributed by atoms with Crippen LogP contribution in [0, 0.1) is 28.6 Å². The monoisotopic (exact) mass is 400 g/mol. The molecular formula is C24H32O5. The summed E-state index contributed by atoms with van der Waals surface area (Å²) in [5, 5.41) is 0. The first kappa shape index (κ1) is 17.7. The lowest BCUT2D eigenvalue weighted by Gasteiger charge is -2.61. The number of rotatable bonds is 0. The molecule has 5 heteroatoms. The number of ketones is 1. The van der Waals surface area contributed by atoms with E-state index in [2.05, 4.69) is 20.8 Å². The average molecular weight is 401 g/mol. The smallest absolute Gasteiger partial charge is 0.306 e. The van der Waals surface area contributed by atoms with Crippen molar-refractivity contribution in [3.8, 4) is 0 Å². The maximum atomic E-state index is 12.5. The summed E-state index contributed by atoms with van der Waals surface area (Å²) in [5.74, 6) is 1.75. The standard InChI is InChI=1S/C24H32O5/c1-13-15-11-23(27-13)10-14(25)4-7-21(23,3)24-17(28-24)12-20(2)16(19(15)24)5-8-22(20)9-6-18(26)29-22/h13,15-17,19H,4-12H2,1-3H3/t13-,15-,16?,17+,19?,20?,21?,22+,23-,24+/m0/s1. The molecule has 7 aliphatic rings. The van der Waals surface area contributed by atoms with Crippen LogP contribution in [-0.2, 0) is 23.8 Å². The van der Waals surface area contributed by atoms with Gasteiger partial charge in [-0.2, -0.15) is 0 Å². The van der Waals surface area contributed by atoms with Crippen LogP contribution in [0.3, 0.4) is 0 Å². The zero-order chi connectivity index (χ0) is 20.0. The quantitative estimate of drug-likeness (QED) is 0.459. The van der Waals surface area contributed by atoms with Gasteiger partial charge in [-0.15, -0.1) is 0 Å². The van der Waals surface area contributed by atoms with Crippen molar-refractivity contribution in [2.75, 3.05) is 0 Å². The van der Waals surface area contributed by atoms with E-state index < -0.39 is 0 Å². The van der Waals surface area contributed by atoms with Gasteiger partial charge in [0.05, 0.1) is 17.8 Å². The molecule has 0 aromatic rings. The van der Waals surface area contributed by atoms with Crippen LogP contribution in [0.25, 0.3) is 0 Å². The Morgan fingerprint density at radius 2 is 1.79 bits per heavy atom. The van der Waals surface area contributed by atoms with Crippen molar-refractivity contribution < 1.29 is 23.8 Å². The van der Waals surface area contributed by atoms with Crippen LogP contribution in [0.15, 0.2) is 0 Å². The number of ether oxygens (including phenoxy) is 3. The zero-order valence-electron chi connectivity index (χ0n) is 17.8. The normalized spacial score (nSPS) is 64.3. The first-order valence-corrected chi connectivity index (χ1v) is 11.8. The average Bonchev–Trinajstić information content (AvgIpc) is 2.96. The second-order valence-corrected chi connectivity index (χ2v) is 11.9. The second kappa shape index (κ2) is 4.77. The first-order valence-electron chi connectivity index (χ1n) is 11.8. The highest BCUT2D eigenvalue weighted by Gasteiger charge is 2.87. The number of fused-ring (bicyclic) bond motifs is 5. The van der Waals surface area contributed by atoms with Gasteiger partial charge in [0.15, 0.2) is 0 Å².